The van der Waals surface area contributed by atoms with E-state index in [1.165, 1.54) is 19.4 Å². The Morgan fingerprint density at radius 3 is 2.66 bits per heavy atom. The second kappa shape index (κ2) is 8.46. The highest BCUT2D eigenvalue weighted by Crippen LogP contribution is 2.38. The van der Waals surface area contributed by atoms with Gasteiger partial charge in [-0.05, 0) is 48.9 Å². The Morgan fingerprint density at radius 2 is 1.97 bits per heavy atom. The van der Waals surface area contributed by atoms with E-state index in [1.807, 2.05) is 25.1 Å². The summed E-state index contributed by atoms with van der Waals surface area (Å²) in [7, 11) is 3.07. The Kier molecular flexibility index (Phi) is 5.55. The molecule has 0 bridgehead atoms. The minimum absolute atomic E-state index is 0.0718. The van der Waals surface area contributed by atoms with Gasteiger partial charge in [-0.25, -0.2) is 9.48 Å². The van der Waals surface area contributed by atoms with Crippen LogP contribution in [-0.4, -0.2) is 41.0 Å². The first-order valence-electron chi connectivity index (χ1n) is 9.81. The molecule has 1 aromatic heterocycles. The fourth-order valence-corrected chi connectivity index (χ4v) is 3.60. The molecule has 3 aromatic rings. The predicted molar refractivity (Wildman–Crippen MR) is 118 cm³/mol. The first-order valence-corrected chi connectivity index (χ1v) is 9.81. The maximum atomic E-state index is 13.0. The highest BCUT2D eigenvalue weighted by atomic mass is 16.5. The van der Waals surface area contributed by atoms with Crippen molar-refractivity contribution in [3.63, 3.8) is 0 Å². The van der Waals surface area contributed by atoms with E-state index < -0.39 is 17.9 Å². The Hall–Kier alpha value is -4.27. The van der Waals surface area contributed by atoms with Gasteiger partial charge in [-0.15, -0.1) is 0 Å². The molecule has 4 rings (SSSR count). The molecule has 0 radical (unpaired) electrons. The Morgan fingerprint density at radius 1 is 1.16 bits per heavy atom. The quantitative estimate of drug-likeness (QED) is 0.544. The highest BCUT2D eigenvalue weighted by molar-refractivity contribution is 6.08. The van der Waals surface area contributed by atoms with Gasteiger partial charge >= 0.3 is 5.97 Å². The van der Waals surface area contributed by atoms with Gasteiger partial charge in [0, 0.05) is 11.3 Å². The van der Waals surface area contributed by atoms with Gasteiger partial charge in [-0.1, -0.05) is 12.1 Å². The molecule has 0 saturated heterocycles. The third kappa shape index (κ3) is 3.87. The van der Waals surface area contributed by atoms with Crippen LogP contribution in [0.5, 0.6) is 11.5 Å². The zero-order chi connectivity index (χ0) is 22.8. The molecule has 9 nitrogen and oxygen atoms in total. The summed E-state index contributed by atoms with van der Waals surface area (Å²) in [6.45, 7) is 1.93. The molecule has 1 atom stereocenters. The van der Waals surface area contributed by atoms with Crippen LogP contribution in [0.3, 0.4) is 0 Å². The van der Waals surface area contributed by atoms with Gasteiger partial charge in [0.15, 0.2) is 0 Å². The summed E-state index contributed by atoms with van der Waals surface area (Å²) in [5.74, 6) is -0.187. The number of nitrogens with zero attached hydrogens (tertiary/aromatic N) is 2. The summed E-state index contributed by atoms with van der Waals surface area (Å²) in [5.41, 5.74) is 2.41. The van der Waals surface area contributed by atoms with Crippen LogP contribution in [0.1, 0.15) is 27.5 Å². The van der Waals surface area contributed by atoms with Crippen molar-refractivity contribution in [1.82, 2.24) is 9.78 Å². The first kappa shape index (κ1) is 21.0. The fourth-order valence-electron chi connectivity index (χ4n) is 3.60. The molecule has 9 heteroatoms. The number of allylic oxidation sites excluding steroid dienone is 1. The van der Waals surface area contributed by atoms with Crippen LogP contribution in [0.2, 0.25) is 0 Å². The van der Waals surface area contributed by atoms with E-state index in [0.29, 0.717) is 22.7 Å². The van der Waals surface area contributed by atoms with Crippen LogP contribution in [0, 0.1) is 6.92 Å². The largest absolute Gasteiger partial charge is 0.497 e. The first-order chi connectivity index (χ1) is 15.4. The van der Waals surface area contributed by atoms with Crippen molar-refractivity contribution in [2.45, 2.75) is 13.0 Å². The number of rotatable bonds is 6. The van der Waals surface area contributed by atoms with Gasteiger partial charge in [0.25, 0.3) is 5.91 Å². The van der Waals surface area contributed by atoms with Crippen molar-refractivity contribution in [2.75, 3.05) is 24.9 Å². The lowest BCUT2D eigenvalue weighted by Gasteiger charge is -2.26. The van der Waals surface area contributed by atoms with E-state index >= 15 is 0 Å². The number of ether oxygens (including phenoxy) is 2. The number of methoxy groups -OCH3 is 2. The molecular formula is C23H22N4O5. The minimum Gasteiger partial charge on any atom is -0.497 e. The van der Waals surface area contributed by atoms with Crippen LogP contribution < -0.4 is 20.1 Å². The van der Waals surface area contributed by atoms with Gasteiger partial charge < -0.3 is 25.2 Å². The number of nitrogens with one attached hydrogen (secondary N) is 2. The van der Waals surface area contributed by atoms with Gasteiger partial charge in [0.1, 0.15) is 34.6 Å². The Bertz CT molecular complexity index is 1230. The number of carbonyl (C=O) groups excluding carboxylic acids is 1. The number of hydrogen-bond acceptors (Lipinski definition) is 6. The average molecular weight is 434 g/mol. The number of amides is 1. The molecule has 1 unspecified atom stereocenters. The molecule has 0 saturated carbocycles. The van der Waals surface area contributed by atoms with Crippen LogP contribution in [0.25, 0.3) is 0 Å². The molecule has 32 heavy (non-hydrogen) atoms. The smallest absolute Gasteiger partial charge is 0.352 e. The lowest BCUT2D eigenvalue weighted by molar-refractivity contribution is -0.132. The summed E-state index contributed by atoms with van der Waals surface area (Å²) in [6.07, 6.45) is 2.92. The molecule has 2 aromatic carbocycles. The topological polar surface area (TPSA) is 115 Å². The van der Waals surface area contributed by atoms with Gasteiger partial charge in [-0.3, -0.25) is 4.79 Å². The number of carboxylic acid groups (broad SMARTS) is 1. The maximum absolute atomic E-state index is 13.0. The zero-order valence-electron chi connectivity index (χ0n) is 17.7. The molecular weight excluding hydrogens is 412 g/mol. The molecule has 3 N–H and O–H groups in total. The van der Waals surface area contributed by atoms with Crippen molar-refractivity contribution < 1.29 is 24.2 Å². The Labute approximate surface area is 184 Å². The summed E-state index contributed by atoms with van der Waals surface area (Å²) < 4.78 is 12.4. The van der Waals surface area contributed by atoms with E-state index in [9.17, 15) is 14.7 Å². The van der Waals surface area contributed by atoms with E-state index in [0.717, 1.165) is 5.56 Å². The van der Waals surface area contributed by atoms with Crippen LogP contribution >= 0.6 is 0 Å². The van der Waals surface area contributed by atoms with Crippen molar-refractivity contribution in [3.8, 4) is 11.5 Å². The number of aryl methyl sites for hydroxylation is 1. The monoisotopic (exact) mass is 434 g/mol. The van der Waals surface area contributed by atoms with E-state index in [4.69, 9.17) is 9.47 Å². The summed E-state index contributed by atoms with van der Waals surface area (Å²) in [5, 5.41) is 19.7. The third-order valence-electron chi connectivity index (χ3n) is 5.14. The highest BCUT2D eigenvalue weighted by Gasteiger charge is 2.31. The SMILES string of the molecule is COc1ccc(OC)c(C2C=C(C(=O)O)Nc3c(C(=O)Nc4cccc(C)c4)cnn32)c1. The molecule has 0 aliphatic carbocycles. The number of fused-ring (bicyclic) bond motifs is 1. The fraction of sp³-hybridized carbons (Fsp3) is 0.174. The van der Waals surface area contributed by atoms with E-state index in [-0.39, 0.29) is 17.1 Å². The molecule has 1 aliphatic heterocycles. The number of hydrogen-bond donors (Lipinski definition) is 3. The minimum atomic E-state index is -1.16. The van der Waals surface area contributed by atoms with Crippen molar-refractivity contribution >= 4 is 23.4 Å². The molecule has 2 heterocycles. The molecule has 0 fully saturated rings. The summed E-state index contributed by atoms with van der Waals surface area (Å²) in [6, 6.07) is 12.0. The van der Waals surface area contributed by atoms with Gasteiger partial charge in [-0.2, -0.15) is 5.10 Å². The average Bonchev–Trinajstić information content (AvgIpc) is 3.22. The standard InChI is InChI=1S/C23H22N4O5/c1-13-5-4-6-14(9-13)25-22(28)17-12-24-27-19(11-18(23(29)30)26-21(17)27)16-10-15(31-2)7-8-20(16)32-3/h4-12,19,26H,1-3H3,(H,25,28)(H,29,30). The molecule has 0 spiro atoms. The number of aliphatic carboxylic acids is 1. The molecule has 164 valence electrons. The number of anilines is 2. The maximum Gasteiger partial charge on any atom is 0.352 e. The summed E-state index contributed by atoms with van der Waals surface area (Å²) >= 11 is 0. The number of aromatic nitrogens is 2. The number of carbonyl (C=O) groups is 2. The lowest BCUT2D eigenvalue weighted by atomic mass is 10.0. The van der Waals surface area contributed by atoms with Gasteiger partial charge in [0.05, 0.1) is 20.4 Å². The Balaban J connectivity index is 1.78. The third-order valence-corrected chi connectivity index (χ3v) is 5.14. The van der Waals surface area contributed by atoms with Crippen LogP contribution in [0.15, 0.2) is 60.4 Å². The van der Waals surface area contributed by atoms with E-state index in [1.54, 1.807) is 36.1 Å². The zero-order valence-corrected chi connectivity index (χ0v) is 17.7. The summed E-state index contributed by atoms with van der Waals surface area (Å²) in [4.78, 5) is 24.8. The van der Waals surface area contributed by atoms with Crippen molar-refractivity contribution in [1.29, 1.82) is 0 Å². The lowest BCUT2D eigenvalue weighted by Crippen LogP contribution is -2.26. The van der Waals surface area contributed by atoms with Gasteiger partial charge in [0.2, 0.25) is 0 Å². The second-order valence-corrected chi connectivity index (χ2v) is 7.24. The normalized spacial score (nSPS) is 14.6. The van der Waals surface area contributed by atoms with E-state index in [2.05, 4.69) is 15.7 Å². The van der Waals surface area contributed by atoms with Crippen molar-refractivity contribution in [2.24, 2.45) is 0 Å². The molecule has 1 aliphatic rings. The van der Waals surface area contributed by atoms with Crippen LogP contribution in [-0.2, 0) is 4.79 Å². The number of benzene rings is 2. The number of carboxylic acids is 1. The van der Waals surface area contributed by atoms with Crippen LogP contribution in [0.4, 0.5) is 11.5 Å². The van der Waals surface area contributed by atoms with Crippen molar-refractivity contribution in [3.05, 3.63) is 77.1 Å². The second-order valence-electron chi connectivity index (χ2n) is 7.24. The molecule has 1 amide bonds. The predicted octanol–water partition coefficient (Wildman–Crippen LogP) is 3.44.